The first-order valence-corrected chi connectivity index (χ1v) is 8.55. The standard InChI is InChI=1S/C19H23FN2O3/c1-11(18-12(2)21-25-13(18)3)19(24)22(16-8-9-16)10-17(23)14-4-6-15(20)7-5-14/h4-7,11,16-17,23H,8-10H2,1-3H3. The van der Waals surface area contributed by atoms with Crippen LogP contribution in [0.15, 0.2) is 28.8 Å². The molecule has 134 valence electrons. The van der Waals surface area contributed by atoms with Crippen LogP contribution in [-0.4, -0.2) is 33.7 Å². The van der Waals surface area contributed by atoms with Gasteiger partial charge in [-0.25, -0.2) is 4.39 Å². The van der Waals surface area contributed by atoms with Gasteiger partial charge >= 0.3 is 0 Å². The Morgan fingerprint density at radius 2 is 2.00 bits per heavy atom. The smallest absolute Gasteiger partial charge is 0.230 e. The lowest BCUT2D eigenvalue weighted by Gasteiger charge is -2.28. The van der Waals surface area contributed by atoms with Gasteiger partial charge in [-0.3, -0.25) is 4.79 Å². The van der Waals surface area contributed by atoms with Crippen molar-refractivity contribution in [3.63, 3.8) is 0 Å². The van der Waals surface area contributed by atoms with E-state index < -0.39 is 6.10 Å². The summed E-state index contributed by atoms with van der Waals surface area (Å²) in [6.07, 6.45) is 1.04. The highest BCUT2D eigenvalue weighted by atomic mass is 19.1. The molecule has 1 fully saturated rings. The zero-order chi connectivity index (χ0) is 18.1. The quantitative estimate of drug-likeness (QED) is 0.872. The summed E-state index contributed by atoms with van der Waals surface area (Å²) in [5, 5.41) is 14.4. The second kappa shape index (κ2) is 6.96. The lowest BCUT2D eigenvalue weighted by atomic mass is 9.97. The molecule has 3 rings (SSSR count). The number of carbonyl (C=O) groups is 1. The second-order valence-electron chi connectivity index (χ2n) is 6.75. The predicted molar refractivity (Wildman–Crippen MR) is 90.5 cm³/mol. The van der Waals surface area contributed by atoms with Gasteiger partial charge in [0, 0.05) is 11.6 Å². The fourth-order valence-electron chi connectivity index (χ4n) is 3.26. The van der Waals surface area contributed by atoms with Gasteiger partial charge in [0.05, 0.1) is 24.3 Å². The molecule has 2 aromatic rings. The van der Waals surface area contributed by atoms with E-state index >= 15 is 0 Å². The maximum Gasteiger partial charge on any atom is 0.230 e. The zero-order valence-electron chi connectivity index (χ0n) is 14.7. The molecular formula is C19H23FN2O3. The predicted octanol–water partition coefficient (Wildman–Crippen LogP) is 3.26. The van der Waals surface area contributed by atoms with Crippen molar-refractivity contribution >= 4 is 5.91 Å². The van der Waals surface area contributed by atoms with E-state index in [1.54, 1.807) is 24.0 Å². The highest BCUT2D eigenvalue weighted by Gasteiger charge is 2.37. The Morgan fingerprint density at radius 3 is 2.52 bits per heavy atom. The van der Waals surface area contributed by atoms with Gasteiger partial charge < -0.3 is 14.5 Å². The van der Waals surface area contributed by atoms with Gasteiger partial charge in [0.15, 0.2) is 0 Å². The number of aryl methyl sites for hydroxylation is 2. The first-order chi connectivity index (χ1) is 11.9. The molecule has 1 heterocycles. The highest BCUT2D eigenvalue weighted by molar-refractivity contribution is 5.84. The van der Waals surface area contributed by atoms with Gasteiger partial charge in [0.25, 0.3) is 0 Å². The summed E-state index contributed by atoms with van der Waals surface area (Å²) < 4.78 is 18.2. The molecule has 2 atom stereocenters. The molecule has 1 aromatic carbocycles. The Labute approximate surface area is 146 Å². The van der Waals surface area contributed by atoms with Gasteiger partial charge in [0.1, 0.15) is 11.6 Å². The highest BCUT2D eigenvalue weighted by Crippen LogP contribution is 2.33. The summed E-state index contributed by atoms with van der Waals surface area (Å²) in [6, 6.07) is 5.88. The number of rotatable bonds is 6. The Bertz CT molecular complexity index is 733. The van der Waals surface area contributed by atoms with E-state index in [1.165, 1.54) is 12.1 Å². The molecule has 6 heteroatoms. The first kappa shape index (κ1) is 17.6. The van der Waals surface area contributed by atoms with Crippen molar-refractivity contribution < 1.29 is 18.8 Å². The van der Waals surface area contributed by atoms with Crippen LogP contribution in [0.5, 0.6) is 0 Å². The molecule has 1 N–H and O–H groups in total. The molecule has 0 bridgehead atoms. The van der Waals surface area contributed by atoms with Crippen LogP contribution in [0.3, 0.4) is 0 Å². The minimum Gasteiger partial charge on any atom is -0.387 e. The Balaban J connectivity index is 1.76. The van der Waals surface area contributed by atoms with Gasteiger partial charge in [-0.15, -0.1) is 0 Å². The van der Waals surface area contributed by atoms with Crippen molar-refractivity contribution in [3.8, 4) is 0 Å². The van der Waals surface area contributed by atoms with Gasteiger partial charge in [-0.05, 0) is 51.3 Å². The number of nitrogens with zero attached hydrogens (tertiary/aromatic N) is 2. The SMILES string of the molecule is Cc1noc(C)c1C(C)C(=O)N(CC(O)c1ccc(F)cc1)C1CC1. The van der Waals surface area contributed by atoms with Crippen LogP contribution >= 0.6 is 0 Å². The van der Waals surface area contributed by atoms with Crippen molar-refractivity contribution in [2.24, 2.45) is 0 Å². The third kappa shape index (κ3) is 3.74. The Hall–Kier alpha value is -2.21. The molecule has 1 aromatic heterocycles. The normalized spacial score (nSPS) is 16.5. The molecule has 1 aliphatic rings. The number of aliphatic hydroxyl groups is 1. The Morgan fingerprint density at radius 1 is 1.36 bits per heavy atom. The van der Waals surface area contributed by atoms with Crippen LogP contribution in [0.1, 0.15) is 54.4 Å². The summed E-state index contributed by atoms with van der Waals surface area (Å²) in [6.45, 7) is 5.66. The van der Waals surface area contributed by atoms with Crippen LogP contribution < -0.4 is 0 Å². The number of hydrogen-bond acceptors (Lipinski definition) is 4. The minimum absolute atomic E-state index is 0.0435. The van der Waals surface area contributed by atoms with E-state index in [9.17, 15) is 14.3 Å². The average Bonchev–Trinajstić information content (AvgIpc) is 3.37. The lowest BCUT2D eigenvalue weighted by Crippen LogP contribution is -2.39. The molecular weight excluding hydrogens is 323 g/mol. The van der Waals surface area contributed by atoms with E-state index in [0.717, 1.165) is 18.4 Å². The second-order valence-corrected chi connectivity index (χ2v) is 6.75. The molecule has 0 spiro atoms. The first-order valence-electron chi connectivity index (χ1n) is 8.55. The molecule has 1 aliphatic carbocycles. The molecule has 1 saturated carbocycles. The van der Waals surface area contributed by atoms with Crippen molar-refractivity contribution in [1.29, 1.82) is 0 Å². The van der Waals surface area contributed by atoms with Crippen LogP contribution in [0.25, 0.3) is 0 Å². The minimum atomic E-state index is -0.845. The fraction of sp³-hybridized carbons (Fsp3) is 0.474. The van der Waals surface area contributed by atoms with Crippen LogP contribution in [0, 0.1) is 19.7 Å². The summed E-state index contributed by atoms with van der Waals surface area (Å²) in [5.74, 6) is -0.128. The number of carbonyl (C=O) groups excluding carboxylic acids is 1. The Kier molecular flexibility index (Phi) is 4.90. The molecule has 5 nitrogen and oxygen atoms in total. The fourth-order valence-corrected chi connectivity index (χ4v) is 3.26. The third-order valence-corrected chi connectivity index (χ3v) is 4.79. The largest absolute Gasteiger partial charge is 0.387 e. The molecule has 1 amide bonds. The monoisotopic (exact) mass is 346 g/mol. The number of aliphatic hydroxyl groups excluding tert-OH is 1. The van der Waals surface area contributed by atoms with Gasteiger partial charge in [-0.2, -0.15) is 0 Å². The van der Waals surface area contributed by atoms with E-state index in [0.29, 0.717) is 17.0 Å². The topological polar surface area (TPSA) is 66.6 Å². The maximum absolute atomic E-state index is 13.1. The van der Waals surface area contributed by atoms with E-state index in [2.05, 4.69) is 5.16 Å². The zero-order valence-corrected chi connectivity index (χ0v) is 14.7. The van der Waals surface area contributed by atoms with E-state index in [4.69, 9.17) is 4.52 Å². The number of aromatic nitrogens is 1. The van der Waals surface area contributed by atoms with Crippen molar-refractivity contribution in [2.45, 2.75) is 51.7 Å². The summed E-state index contributed by atoms with van der Waals surface area (Å²) >= 11 is 0. The van der Waals surface area contributed by atoms with E-state index in [1.807, 2.05) is 13.8 Å². The number of hydrogen-bond donors (Lipinski definition) is 1. The summed E-state index contributed by atoms with van der Waals surface area (Å²) in [5.41, 5.74) is 2.13. The van der Waals surface area contributed by atoms with Crippen molar-refractivity contribution in [2.75, 3.05) is 6.54 Å². The van der Waals surface area contributed by atoms with Crippen molar-refractivity contribution in [1.82, 2.24) is 10.1 Å². The van der Waals surface area contributed by atoms with Gasteiger partial charge in [-0.1, -0.05) is 17.3 Å². The van der Waals surface area contributed by atoms with Gasteiger partial charge in [0.2, 0.25) is 5.91 Å². The third-order valence-electron chi connectivity index (χ3n) is 4.79. The van der Waals surface area contributed by atoms with Crippen LogP contribution in [0.4, 0.5) is 4.39 Å². The number of benzene rings is 1. The van der Waals surface area contributed by atoms with Crippen LogP contribution in [0.2, 0.25) is 0 Å². The summed E-state index contributed by atoms with van der Waals surface area (Å²) in [4.78, 5) is 14.8. The van der Waals surface area contributed by atoms with Crippen molar-refractivity contribution in [3.05, 3.63) is 52.7 Å². The molecule has 0 aliphatic heterocycles. The van der Waals surface area contributed by atoms with Crippen LogP contribution in [-0.2, 0) is 4.79 Å². The molecule has 2 unspecified atom stereocenters. The number of halogens is 1. The molecule has 25 heavy (non-hydrogen) atoms. The van der Waals surface area contributed by atoms with E-state index in [-0.39, 0.29) is 30.2 Å². The maximum atomic E-state index is 13.1. The number of amides is 1. The molecule has 0 radical (unpaired) electrons. The summed E-state index contributed by atoms with van der Waals surface area (Å²) in [7, 11) is 0. The molecule has 0 saturated heterocycles. The lowest BCUT2D eigenvalue weighted by molar-refractivity contribution is -0.134. The average molecular weight is 346 g/mol.